The zero-order valence-corrected chi connectivity index (χ0v) is 13.8. The Labute approximate surface area is 122 Å². The highest BCUT2D eigenvalue weighted by Crippen LogP contribution is 2.25. The van der Waals surface area contributed by atoms with Crippen LogP contribution < -0.4 is 10.5 Å². The van der Waals surface area contributed by atoms with Crippen LogP contribution in [0.4, 0.5) is 0 Å². The average Bonchev–Trinajstić information content (AvgIpc) is 2.29. The van der Waals surface area contributed by atoms with Gasteiger partial charge in [-0.1, -0.05) is 17.7 Å². The number of hydrogen-bond acceptors (Lipinski definition) is 4. The fraction of sp³-hybridized carbons (Fsp3) is 0.600. The molecule has 0 bridgehead atoms. The van der Waals surface area contributed by atoms with E-state index >= 15 is 0 Å². The van der Waals surface area contributed by atoms with Crippen LogP contribution in [0.1, 0.15) is 44.9 Å². The third kappa shape index (κ3) is 4.21. The van der Waals surface area contributed by atoms with Crippen molar-refractivity contribution in [2.75, 3.05) is 12.4 Å². The van der Waals surface area contributed by atoms with Gasteiger partial charge in [0, 0.05) is 11.6 Å². The minimum Gasteiger partial charge on any atom is -0.492 e. The molecular formula is C15H25NO3S. The second-order valence-electron chi connectivity index (χ2n) is 6.11. The summed E-state index contributed by atoms with van der Waals surface area (Å²) >= 11 is 0. The average molecular weight is 299 g/mol. The fourth-order valence-electron chi connectivity index (χ4n) is 1.72. The van der Waals surface area contributed by atoms with Crippen LogP contribution in [0.5, 0.6) is 5.75 Å². The summed E-state index contributed by atoms with van der Waals surface area (Å²) in [5.41, 5.74) is 7.92. The Balaban J connectivity index is 2.77. The number of hydrogen-bond donors (Lipinski definition) is 1. The maximum absolute atomic E-state index is 12.0. The van der Waals surface area contributed by atoms with Gasteiger partial charge in [0.05, 0.1) is 10.5 Å². The lowest BCUT2D eigenvalue weighted by Crippen LogP contribution is -2.32. The number of rotatable bonds is 5. The van der Waals surface area contributed by atoms with Gasteiger partial charge in [-0.3, -0.25) is 0 Å². The Kier molecular flexibility index (Phi) is 5.21. The molecule has 0 saturated carbocycles. The summed E-state index contributed by atoms with van der Waals surface area (Å²) in [6.07, 6.45) is 0. The summed E-state index contributed by atoms with van der Waals surface area (Å²) in [6.45, 7) is 9.10. The zero-order valence-electron chi connectivity index (χ0n) is 12.9. The molecule has 2 N–H and O–H groups in total. The molecular weight excluding hydrogens is 274 g/mol. The highest BCUT2D eigenvalue weighted by molar-refractivity contribution is 7.92. The van der Waals surface area contributed by atoms with Crippen LogP contribution in [0, 0.1) is 6.92 Å². The van der Waals surface area contributed by atoms with E-state index in [1.54, 1.807) is 20.8 Å². The lowest BCUT2D eigenvalue weighted by molar-refractivity contribution is 0.334. The predicted molar refractivity (Wildman–Crippen MR) is 82.8 cm³/mol. The smallest absolute Gasteiger partial charge is 0.158 e. The van der Waals surface area contributed by atoms with Gasteiger partial charge in [-0.25, -0.2) is 8.42 Å². The number of sulfone groups is 1. The normalized spacial score (nSPS) is 14.1. The molecule has 0 aliphatic heterocycles. The second-order valence-corrected chi connectivity index (χ2v) is 8.97. The molecule has 114 valence electrons. The quantitative estimate of drug-likeness (QED) is 0.907. The monoisotopic (exact) mass is 299 g/mol. The van der Waals surface area contributed by atoms with Gasteiger partial charge in [0.15, 0.2) is 9.84 Å². The molecule has 1 atom stereocenters. The highest BCUT2D eigenvalue weighted by Gasteiger charge is 2.28. The predicted octanol–water partition coefficient (Wildman–Crippen LogP) is 2.61. The van der Waals surface area contributed by atoms with E-state index in [1.165, 1.54) is 0 Å². The number of nitrogens with two attached hydrogens (primary N) is 1. The zero-order chi connectivity index (χ0) is 15.6. The molecule has 0 radical (unpaired) electrons. The summed E-state index contributed by atoms with van der Waals surface area (Å²) in [4.78, 5) is 0. The van der Waals surface area contributed by atoms with Gasteiger partial charge in [0.25, 0.3) is 0 Å². The van der Waals surface area contributed by atoms with Gasteiger partial charge in [0.2, 0.25) is 0 Å². The maximum atomic E-state index is 12.0. The molecule has 0 aliphatic carbocycles. The first-order valence-corrected chi connectivity index (χ1v) is 8.41. The molecule has 1 rings (SSSR count). The lowest BCUT2D eigenvalue weighted by atomic mass is 10.1. The van der Waals surface area contributed by atoms with Crippen LogP contribution in [0.3, 0.4) is 0 Å². The van der Waals surface area contributed by atoms with Crippen molar-refractivity contribution in [2.24, 2.45) is 5.73 Å². The standard InChI is InChI=1S/C15H25NO3S/c1-11-6-7-14(13(10-11)12(2)16)19-8-9-20(17,18)15(3,4)5/h6-7,10,12H,8-9,16H2,1-5H3/t12-/m1/s1. The van der Waals surface area contributed by atoms with E-state index in [1.807, 2.05) is 32.0 Å². The summed E-state index contributed by atoms with van der Waals surface area (Å²) in [6, 6.07) is 5.60. The van der Waals surface area contributed by atoms with Crippen LogP contribution in [-0.2, 0) is 9.84 Å². The molecule has 0 unspecified atom stereocenters. The second kappa shape index (κ2) is 6.14. The van der Waals surface area contributed by atoms with Crippen LogP contribution in [-0.4, -0.2) is 25.5 Å². The van der Waals surface area contributed by atoms with Crippen LogP contribution in [0.2, 0.25) is 0 Å². The molecule has 0 aliphatic rings. The molecule has 0 aromatic heterocycles. The fourth-order valence-corrected chi connectivity index (χ4v) is 2.64. The first kappa shape index (κ1) is 17.0. The topological polar surface area (TPSA) is 69.4 Å². The number of benzene rings is 1. The minimum absolute atomic E-state index is 0.00275. The first-order chi connectivity index (χ1) is 9.04. The summed E-state index contributed by atoms with van der Waals surface area (Å²) < 4.78 is 28.9. The van der Waals surface area contributed by atoms with Gasteiger partial charge < -0.3 is 10.5 Å². The van der Waals surface area contributed by atoms with E-state index in [2.05, 4.69) is 0 Å². The van der Waals surface area contributed by atoms with Gasteiger partial charge in [-0.15, -0.1) is 0 Å². The third-order valence-corrected chi connectivity index (χ3v) is 5.77. The van der Waals surface area contributed by atoms with E-state index in [9.17, 15) is 8.42 Å². The number of ether oxygens (including phenoxy) is 1. The van der Waals surface area contributed by atoms with Gasteiger partial charge in [0.1, 0.15) is 12.4 Å². The lowest BCUT2D eigenvalue weighted by Gasteiger charge is -2.20. The van der Waals surface area contributed by atoms with Crippen molar-refractivity contribution in [3.63, 3.8) is 0 Å². The molecule has 0 heterocycles. The van der Waals surface area contributed by atoms with Gasteiger partial charge in [-0.05, 0) is 40.7 Å². The molecule has 20 heavy (non-hydrogen) atoms. The maximum Gasteiger partial charge on any atom is 0.158 e. The van der Waals surface area contributed by atoms with E-state index < -0.39 is 14.6 Å². The SMILES string of the molecule is Cc1ccc(OCCS(=O)(=O)C(C)(C)C)c([C@@H](C)N)c1. The summed E-state index contributed by atoms with van der Waals surface area (Å²) in [7, 11) is -3.17. The largest absolute Gasteiger partial charge is 0.492 e. The van der Waals surface area contributed by atoms with Crippen molar-refractivity contribution in [1.29, 1.82) is 0 Å². The molecule has 0 saturated heterocycles. The van der Waals surface area contributed by atoms with Crippen molar-refractivity contribution >= 4 is 9.84 Å². The summed E-state index contributed by atoms with van der Waals surface area (Å²) in [5, 5.41) is 0. The molecule has 1 aromatic rings. The molecule has 5 heteroatoms. The van der Waals surface area contributed by atoms with E-state index in [4.69, 9.17) is 10.5 Å². The van der Waals surface area contributed by atoms with Gasteiger partial charge >= 0.3 is 0 Å². The first-order valence-electron chi connectivity index (χ1n) is 6.76. The van der Waals surface area contributed by atoms with Crippen LogP contribution in [0.25, 0.3) is 0 Å². The Hall–Kier alpha value is -1.07. The van der Waals surface area contributed by atoms with E-state index in [0.29, 0.717) is 5.75 Å². The minimum atomic E-state index is -3.17. The highest BCUT2D eigenvalue weighted by atomic mass is 32.2. The van der Waals surface area contributed by atoms with Crippen molar-refractivity contribution in [3.05, 3.63) is 29.3 Å². The Morgan fingerprint density at radius 2 is 1.90 bits per heavy atom. The van der Waals surface area contributed by atoms with Crippen molar-refractivity contribution in [3.8, 4) is 5.75 Å². The Morgan fingerprint density at radius 1 is 1.30 bits per heavy atom. The molecule has 0 spiro atoms. The van der Waals surface area contributed by atoms with E-state index in [0.717, 1.165) is 11.1 Å². The van der Waals surface area contributed by atoms with E-state index in [-0.39, 0.29) is 18.4 Å². The Bertz CT molecular complexity index is 557. The van der Waals surface area contributed by atoms with Crippen molar-refractivity contribution in [2.45, 2.75) is 45.4 Å². The molecule has 0 amide bonds. The Morgan fingerprint density at radius 3 is 2.40 bits per heavy atom. The molecule has 0 fully saturated rings. The van der Waals surface area contributed by atoms with Crippen LogP contribution in [0.15, 0.2) is 18.2 Å². The molecule has 4 nitrogen and oxygen atoms in total. The van der Waals surface area contributed by atoms with Crippen LogP contribution >= 0.6 is 0 Å². The van der Waals surface area contributed by atoms with Crippen molar-refractivity contribution < 1.29 is 13.2 Å². The van der Waals surface area contributed by atoms with Gasteiger partial charge in [-0.2, -0.15) is 0 Å². The van der Waals surface area contributed by atoms with Crippen molar-refractivity contribution in [1.82, 2.24) is 0 Å². The summed E-state index contributed by atoms with van der Waals surface area (Å²) in [5.74, 6) is 0.665. The molecule has 1 aromatic carbocycles. The third-order valence-electron chi connectivity index (χ3n) is 3.20. The number of aryl methyl sites for hydroxylation is 1.